The lowest BCUT2D eigenvalue weighted by Gasteiger charge is -2.39. The zero-order valence-corrected chi connectivity index (χ0v) is 14.9. The number of aryl methyl sites for hydroxylation is 1. The molecule has 0 bridgehead atoms. The lowest BCUT2D eigenvalue weighted by molar-refractivity contribution is 0.195. The Morgan fingerprint density at radius 1 is 0.739 bits per heavy atom. The van der Waals surface area contributed by atoms with E-state index in [4.69, 9.17) is 0 Å². The molecule has 3 aliphatic rings. The van der Waals surface area contributed by atoms with Gasteiger partial charge in [-0.25, -0.2) is 0 Å². The molecule has 4 rings (SSSR count). The van der Waals surface area contributed by atoms with Gasteiger partial charge in [-0.2, -0.15) is 0 Å². The molecule has 126 valence electrons. The van der Waals surface area contributed by atoms with Gasteiger partial charge in [0.1, 0.15) is 0 Å². The number of hydrogen-bond acceptors (Lipinski definition) is 0. The summed E-state index contributed by atoms with van der Waals surface area (Å²) < 4.78 is 0. The van der Waals surface area contributed by atoms with Crippen LogP contribution in [-0.2, 0) is 11.8 Å². The Kier molecular flexibility index (Phi) is 4.78. The molecule has 0 saturated heterocycles. The van der Waals surface area contributed by atoms with E-state index in [-0.39, 0.29) is 0 Å². The first kappa shape index (κ1) is 15.7. The highest BCUT2D eigenvalue weighted by Crippen LogP contribution is 2.50. The largest absolute Gasteiger partial charge is 0.0620 e. The molecule has 2 saturated carbocycles. The Labute approximate surface area is 143 Å². The molecule has 0 aliphatic heterocycles. The molecule has 1 aromatic rings. The van der Waals surface area contributed by atoms with Crippen molar-refractivity contribution in [3.63, 3.8) is 0 Å². The van der Waals surface area contributed by atoms with Gasteiger partial charge in [0, 0.05) is 0 Å². The number of benzene rings is 1. The van der Waals surface area contributed by atoms with Crippen molar-refractivity contribution in [1.29, 1.82) is 0 Å². The SMILES string of the molecule is c1ccc2c(c1)CCC2(CC1CCCCC1)CC1CCCCC1. The van der Waals surface area contributed by atoms with Gasteiger partial charge in [0.25, 0.3) is 0 Å². The van der Waals surface area contributed by atoms with Crippen LogP contribution in [0.2, 0.25) is 0 Å². The van der Waals surface area contributed by atoms with Crippen LogP contribution in [0.15, 0.2) is 24.3 Å². The van der Waals surface area contributed by atoms with Crippen LogP contribution in [0.4, 0.5) is 0 Å². The molecule has 0 heterocycles. The molecule has 0 radical (unpaired) electrons. The van der Waals surface area contributed by atoms with Crippen molar-refractivity contribution in [3.05, 3.63) is 35.4 Å². The maximum absolute atomic E-state index is 2.49. The Bertz CT molecular complexity index is 483. The van der Waals surface area contributed by atoms with Crippen molar-refractivity contribution in [3.8, 4) is 0 Å². The first-order valence-electron chi connectivity index (χ1n) is 10.4. The third-order valence-electron chi connectivity index (χ3n) is 7.27. The summed E-state index contributed by atoms with van der Waals surface area (Å²) in [5, 5.41) is 0. The van der Waals surface area contributed by atoms with E-state index in [0.717, 1.165) is 11.8 Å². The van der Waals surface area contributed by atoms with Crippen LogP contribution in [0.5, 0.6) is 0 Å². The van der Waals surface area contributed by atoms with Crippen molar-refractivity contribution < 1.29 is 0 Å². The van der Waals surface area contributed by atoms with E-state index in [9.17, 15) is 0 Å². The van der Waals surface area contributed by atoms with Gasteiger partial charge in [0.2, 0.25) is 0 Å². The molecule has 23 heavy (non-hydrogen) atoms. The molecule has 0 amide bonds. The van der Waals surface area contributed by atoms with E-state index in [2.05, 4.69) is 24.3 Å². The zero-order chi connectivity index (χ0) is 15.5. The van der Waals surface area contributed by atoms with Crippen molar-refractivity contribution in [2.45, 2.75) is 95.3 Å². The summed E-state index contributed by atoms with van der Waals surface area (Å²) in [6.45, 7) is 0. The summed E-state index contributed by atoms with van der Waals surface area (Å²) in [5.41, 5.74) is 3.98. The second kappa shape index (κ2) is 6.99. The van der Waals surface area contributed by atoms with E-state index in [0.29, 0.717) is 5.41 Å². The third kappa shape index (κ3) is 3.37. The monoisotopic (exact) mass is 310 g/mol. The zero-order valence-electron chi connectivity index (χ0n) is 14.9. The van der Waals surface area contributed by atoms with Gasteiger partial charge < -0.3 is 0 Å². The summed E-state index contributed by atoms with van der Waals surface area (Å²) >= 11 is 0. The fourth-order valence-corrected chi connectivity index (χ4v) is 6.16. The molecule has 0 unspecified atom stereocenters. The van der Waals surface area contributed by atoms with Crippen LogP contribution in [0.3, 0.4) is 0 Å². The normalized spacial score (nSPS) is 25.4. The Morgan fingerprint density at radius 3 is 1.91 bits per heavy atom. The van der Waals surface area contributed by atoms with Crippen LogP contribution in [0.1, 0.15) is 94.6 Å². The standard InChI is InChI=1S/C23H34/c1-3-9-19(10-4-1)17-23(18-20-11-5-2-6-12-20)16-15-21-13-7-8-14-22(21)23/h7-8,13-14,19-20H,1-6,9-12,15-18H2. The van der Waals surface area contributed by atoms with Crippen molar-refractivity contribution in [2.75, 3.05) is 0 Å². The maximum atomic E-state index is 2.49. The van der Waals surface area contributed by atoms with Gasteiger partial charge in [-0.3, -0.25) is 0 Å². The van der Waals surface area contributed by atoms with E-state index in [1.807, 2.05) is 0 Å². The quantitative estimate of drug-likeness (QED) is 0.573. The fraction of sp³-hybridized carbons (Fsp3) is 0.739. The molecule has 3 aliphatic carbocycles. The number of fused-ring (bicyclic) bond motifs is 1. The molecular formula is C23H34. The minimum atomic E-state index is 0.542. The summed E-state index contributed by atoms with van der Waals surface area (Å²) in [4.78, 5) is 0. The lowest BCUT2D eigenvalue weighted by atomic mass is 9.65. The van der Waals surface area contributed by atoms with Gasteiger partial charge >= 0.3 is 0 Å². The molecular weight excluding hydrogens is 276 g/mol. The Morgan fingerprint density at radius 2 is 1.30 bits per heavy atom. The first-order chi connectivity index (χ1) is 11.4. The first-order valence-corrected chi connectivity index (χ1v) is 10.4. The molecule has 0 nitrogen and oxygen atoms in total. The molecule has 0 heteroatoms. The summed E-state index contributed by atoms with van der Waals surface area (Å²) in [6.07, 6.45) is 20.8. The predicted octanol–water partition coefficient (Wildman–Crippen LogP) is 6.81. The second-order valence-corrected chi connectivity index (χ2v) is 8.85. The number of rotatable bonds is 4. The molecule has 0 N–H and O–H groups in total. The average Bonchev–Trinajstić information content (AvgIpc) is 2.96. The fourth-order valence-electron chi connectivity index (χ4n) is 6.16. The van der Waals surface area contributed by atoms with Crippen molar-refractivity contribution >= 4 is 0 Å². The molecule has 2 fully saturated rings. The summed E-state index contributed by atoms with van der Waals surface area (Å²) in [6, 6.07) is 9.48. The highest BCUT2D eigenvalue weighted by atomic mass is 14.5. The molecule has 1 aromatic carbocycles. The van der Waals surface area contributed by atoms with Gasteiger partial charge in [0.15, 0.2) is 0 Å². The van der Waals surface area contributed by atoms with Crippen molar-refractivity contribution in [2.24, 2.45) is 11.8 Å². The minimum absolute atomic E-state index is 0.542. The maximum Gasteiger partial charge on any atom is -0.00358 e. The molecule has 0 spiro atoms. The summed E-state index contributed by atoms with van der Waals surface area (Å²) in [5.74, 6) is 2.02. The van der Waals surface area contributed by atoms with Gasteiger partial charge in [-0.15, -0.1) is 0 Å². The van der Waals surface area contributed by atoms with Crippen molar-refractivity contribution in [1.82, 2.24) is 0 Å². The van der Waals surface area contributed by atoms with E-state index in [1.165, 1.54) is 89.9 Å². The van der Waals surface area contributed by atoms with Gasteiger partial charge in [-0.05, 0) is 54.1 Å². The van der Waals surface area contributed by atoms with Crippen LogP contribution in [0, 0.1) is 11.8 Å². The minimum Gasteiger partial charge on any atom is -0.0620 e. The van der Waals surface area contributed by atoms with E-state index >= 15 is 0 Å². The highest BCUT2D eigenvalue weighted by Gasteiger charge is 2.41. The Balaban J connectivity index is 1.58. The van der Waals surface area contributed by atoms with Gasteiger partial charge in [-0.1, -0.05) is 88.5 Å². The van der Waals surface area contributed by atoms with Crippen LogP contribution >= 0.6 is 0 Å². The lowest BCUT2D eigenvalue weighted by Crippen LogP contribution is -2.31. The highest BCUT2D eigenvalue weighted by molar-refractivity contribution is 5.39. The molecule has 0 aromatic heterocycles. The predicted molar refractivity (Wildman–Crippen MR) is 98.8 cm³/mol. The smallest absolute Gasteiger partial charge is 0.00358 e. The van der Waals surface area contributed by atoms with Gasteiger partial charge in [0.05, 0.1) is 0 Å². The van der Waals surface area contributed by atoms with Crippen LogP contribution < -0.4 is 0 Å². The average molecular weight is 311 g/mol. The summed E-state index contributed by atoms with van der Waals surface area (Å²) in [7, 11) is 0. The van der Waals surface area contributed by atoms with Crippen LogP contribution in [0.25, 0.3) is 0 Å². The second-order valence-electron chi connectivity index (χ2n) is 8.85. The van der Waals surface area contributed by atoms with Crippen LogP contribution in [-0.4, -0.2) is 0 Å². The van der Waals surface area contributed by atoms with E-state index in [1.54, 1.807) is 11.1 Å². The van der Waals surface area contributed by atoms with E-state index < -0.39 is 0 Å². The third-order valence-corrected chi connectivity index (χ3v) is 7.27. The topological polar surface area (TPSA) is 0 Å². The Hall–Kier alpha value is -0.780. The number of hydrogen-bond donors (Lipinski definition) is 0. The molecule has 0 atom stereocenters.